The summed E-state index contributed by atoms with van der Waals surface area (Å²) in [6.45, 7) is 1.73. The topological polar surface area (TPSA) is 101 Å². The summed E-state index contributed by atoms with van der Waals surface area (Å²) >= 11 is 5.73. The average Bonchev–Trinajstić information content (AvgIpc) is 2.26. The molecule has 0 unspecified atom stereocenters. The van der Waals surface area contributed by atoms with Crippen molar-refractivity contribution in [3.05, 3.63) is 33.3 Å². The minimum atomic E-state index is -1.01. The second-order valence-corrected chi connectivity index (χ2v) is 6.05. The number of nitro groups is 1. The van der Waals surface area contributed by atoms with Crippen molar-refractivity contribution < 1.29 is 13.9 Å². The van der Waals surface area contributed by atoms with E-state index in [9.17, 15) is 19.1 Å². The van der Waals surface area contributed by atoms with Gasteiger partial charge < -0.3 is 10.6 Å². The molecule has 9 heteroatoms. The van der Waals surface area contributed by atoms with Crippen LogP contribution in [-0.2, 0) is 10.8 Å². The molecule has 0 saturated heterocycles. The molecule has 0 heterocycles. The van der Waals surface area contributed by atoms with Crippen LogP contribution in [0.4, 0.5) is 16.2 Å². The van der Waals surface area contributed by atoms with E-state index in [0.29, 0.717) is 11.4 Å². The lowest BCUT2D eigenvalue weighted by Gasteiger charge is -2.13. The molecule has 0 radical (unpaired) electrons. The maximum absolute atomic E-state index is 11.6. The lowest BCUT2D eigenvalue weighted by atomic mass is 10.3. The van der Waals surface area contributed by atoms with Gasteiger partial charge in [0.15, 0.2) is 0 Å². The largest absolute Gasteiger partial charge is 0.334 e. The molecule has 0 aliphatic carbocycles. The van der Waals surface area contributed by atoms with Gasteiger partial charge in [-0.2, -0.15) is 0 Å². The van der Waals surface area contributed by atoms with Crippen LogP contribution in [0.15, 0.2) is 18.2 Å². The smallest absolute Gasteiger partial charge is 0.319 e. The first-order valence-corrected chi connectivity index (χ1v) is 7.71. The van der Waals surface area contributed by atoms with E-state index < -0.39 is 21.8 Å². The molecule has 0 aliphatic heterocycles. The monoisotopic (exact) mass is 319 g/mol. The quantitative estimate of drug-likeness (QED) is 0.641. The van der Waals surface area contributed by atoms with Gasteiger partial charge in [-0.25, -0.2) is 4.79 Å². The molecule has 1 rings (SSSR count). The molecule has 0 fully saturated rings. The van der Waals surface area contributed by atoms with E-state index in [-0.39, 0.29) is 16.8 Å². The zero-order valence-electron chi connectivity index (χ0n) is 10.9. The number of carbonyl (C=O) groups excluding carboxylic acids is 1. The predicted molar refractivity (Wildman–Crippen MR) is 78.7 cm³/mol. The van der Waals surface area contributed by atoms with Gasteiger partial charge in [-0.05, 0) is 19.1 Å². The number of benzene rings is 1. The van der Waals surface area contributed by atoms with E-state index in [2.05, 4.69) is 10.6 Å². The molecule has 0 spiro atoms. The molecular weight excluding hydrogens is 306 g/mol. The maximum atomic E-state index is 11.6. The number of nitrogens with one attached hydrogen (secondary N) is 2. The average molecular weight is 320 g/mol. The predicted octanol–water partition coefficient (Wildman–Crippen LogP) is 2.14. The van der Waals surface area contributed by atoms with Crippen LogP contribution >= 0.6 is 11.6 Å². The van der Waals surface area contributed by atoms with Gasteiger partial charge in [0.2, 0.25) is 0 Å². The van der Waals surface area contributed by atoms with Crippen molar-refractivity contribution in [3.63, 3.8) is 0 Å². The summed E-state index contributed by atoms with van der Waals surface area (Å²) in [6, 6.07) is 3.14. The van der Waals surface area contributed by atoms with Crippen LogP contribution in [0.3, 0.4) is 0 Å². The highest BCUT2D eigenvalue weighted by Gasteiger charge is 2.14. The fraction of sp³-hybridized carbons (Fsp3) is 0.364. The van der Waals surface area contributed by atoms with Gasteiger partial charge in [0.1, 0.15) is 5.02 Å². The van der Waals surface area contributed by atoms with Crippen molar-refractivity contribution >= 4 is 39.8 Å². The summed E-state index contributed by atoms with van der Waals surface area (Å²) in [5.41, 5.74) is 0.107. The minimum absolute atomic E-state index is 0.0597. The molecule has 0 saturated carbocycles. The highest BCUT2D eigenvalue weighted by Crippen LogP contribution is 2.27. The number of urea groups is 1. The zero-order chi connectivity index (χ0) is 15.3. The van der Waals surface area contributed by atoms with Crippen LogP contribution in [0.2, 0.25) is 5.02 Å². The van der Waals surface area contributed by atoms with Crippen molar-refractivity contribution in [1.82, 2.24) is 5.32 Å². The molecule has 20 heavy (non-hydrogen) atoms. The van der Waals surface area contributed by atoms with Crippen LogP contribution < -0.4 is 10.6 Å². The number of rotatable bonds is 5. The first-order chi connectivity index (χ1) is 9.29. The Morgan fingerprint density at radius 2 is 2.20 bits per heavy atom. The molecule has 2 N–H and O–H groups in total. The first kappa shape index (κ1) is 16.4. The van der Waals surface area contributed by atoms with E-state index in [1.54, 1.807) is 13.2 Å². The Morgan fingerprint density at radius 1 is 1.55 bits per heavy atom. The van der Waals surface area contributed by atoms with Gasteiger partial charge in [0.25, 0.3) is 5.69 Å². The summed E-state index contributed by atoms with van der Waals surface area (Å²) in [4.78, 5) is 21.6. The van der Waals surface area contributed by atoms with Crippen molar-refractivity contribution in [2.24, 2.45) is 0 Å². The molecule has 0 aliphatic rings. The lowest BCUT2D eigenvalue weighted by Crippen LogP contribution is -2.39. The molecule has 1 aromatic rings. The maximum Gasteiger partial charge on any atom is 0.319 e. The molecule has 0 bridgehead atoms. The number of hydrogen-bond donors (Lipinski definition) is 2. The highest BCUT2D eigenvalue weighted by molar-refractivity contribution is 7.84. The number of hydrogen-bond acceptors (Lipinski definition) is 4. The molecular formula is C11H14ClN3O4S. The number of anilines is 1. The van der Waals surface area contributed by atoms with Crippen molar-refractivity contribution in [1.29, 1.82) is 0 Å². The van der Waals surface area contributed by atoms with E-state index in [4.69, 9.17) is 11.6 Å². The van der Waals surface area contributed by atoms with Crippen molar-refractivity contribution in [3.8, 4) is 0 Å². The summed E-state index contributed by atoms with van der Waals surface area (Å²) in [7, 11) is -1.01. The van der Waals surface area contributed by atoms with Gasteiger partial charge in [0.05, 0.1) is 4.92 Å². The Kier molecular flexibility index (Phi) is 5.90. The first-order valence-electron chi connectivity index (χ1n) is 5.61. The third kappa shape index (κ3) is 5.14. The van der Waals surface area contributed by atoms with E-state index >= 15 is 0 Å². The van der Waals surface area contributed by atoms with Gasteiger partial charge in [-0.3, -0.25) is 14.3 Å². The Bertz CT molecular complexity index is 552. The number of nitro benzene ring substituents is 1. The van der Waals surface area contributed by atoms with Crippen LogP contribution in [0.25, 0.3) is 0 Å². The van der Waals surface area contributed by atoms with Gasteiger partial charge in [-0.1, -0.05) is 11.6 Å². The fourth-order valence-corrected chi connectivity index (χ4v) is 2.55. The van der Waals surface area contributed by atoms with Crippen molar-refractivity contribution in [2.45, 2.75) is 13.0 Å². The van der Waals surface area contributed by atoms with E-state index in [0.717, 1.165) is 0 Å². The minimum Gasteiger partial charge on any atom is -0.334 e. The van der Waals surface area contributed by atoms with Gasteiger partial charge in [-0.15, -0.1) is 0 Å². The molecule has 0 aromatic heterocycles. The highest BCUT2D eigenvalue weighted by atomic mass is 35.5. The van der Waals surface area contributed by atoms with Crippen LogP contribution in [0.5, 0.6) is 0 Å². The van der Waals surface area contributed by atoms with E-state index in [1.165, 1.54) is 18.2 Å². The van der Waals surface area contributed by atoms with Crippen LogP contribution in [0.1, 0.15) is 6.92 Å². The second kappa shape index (κ2) is 7.20. The molecule has 1 aromatic carbocycles. The lowest BCUT2D eigenvalue weighted by molar-refractivity contribution is -0.384. The second-order valence-electron chi connectivity index (χ2n) is 4.16. The Balaban J connectivity index is 2.65. The van der Waals surface area contributed by atoms with Crippen molar-refractivity contribution in [2.75, 3.05) is 17.3 Å². The Morgan fingerprint density at radius 3 is 2.70 bits per heavy atom. The SMILES string of the molecule is C[C@H](C[S@](C)=O)NC(=O)Nc1ccc([N+](=O)[O-])c(Cl)c1. The third-order valence-electron chi connectivity index (χ3n) is 2.26. The Labute approximate surface area is 123 Å². The summed E-state index contributed by atoms with van der Waals surface area (Å²) in [6.07, 6.45) is 1.55. The fourth-order valence-electron chi connectivity index (χ4n) is 1.52. The summed E-state index contributed by atoms with van der Waals surface area (Å²) < 4.78 is 11.0. The van der Waals surface area contributed by atoms with Crippen LogP contribution in [0, 0.1) is 10.1 Å². The molecule has 2 atom stereocenters. The third-order valence-corrected chi connectivity index (χ3v) is 3.54. The van der Waals surface area contributed by atoms with Gasteiger partial charge in [0, 0.05) is 40.6 Å². The number of amides is 2. The standard InChI is InChI=1S/C11H14ClN3O4S/c1-7(6-20(2)19)13-11(16)14-8-3-4-10(15(17)18)9(12)5-8/h3-5,7H,6H2,1-2H3,(H2,13,14,16)/t7-,20+/m1/s1. The normalized spacial score (nSPS) is 13.3. The summed E-state index contributed by atoms with van der Waals surface area (Å²) in [5.74, 6) is 0.342. The number of nitrogens with zero attached hydrogens (tertiary/aromatic N) is 1. The zero-order valence-corrected chi connectivity index (χ0v) is 12.5. The molecule has 7 nitrogen and oxygen atoms in total. The molecule has 110 valence electrons. The van der Waals surface area contributed by atoms with E-state index in [1.807, 2.05) is 0 Å². The van der Waals surface area contributed by atoms with Crippen LogP contribution in [-0.4, -0.2) is 33.2 Å². The Hall–Kier alpha value is -1.67. The number of carbonyl (C=O) groups is 1. The molecule has 2 amide bonds. The van der Waals surface area contributed by atoms with Gasteiger partial charge >= 0.3 is 6.03 Å². The summed E-state index contributed by atoms with van der Waals surface area (Å²) in [5, 5.41) is 15.6. The number of halogens is 1.